The standard InChI is InChI=1S/C13H6Cl2F2O/c14-8-3-7(4-10(17)5-8)13(18)11-2-1-9(16)6-12(11)15/h1-6H. The molecule has 0 heterocycles. The molecule has 5 heteroatoms. The van der Waals surface area contributed by atoms with E-state index in [9.17, 15) is 13.6 Å². The van der Waals surface area contributed by atoms with Crippen molar-refractivity contribution in [2.24, 2.45) is 0 Å². The van der Waals surface area contributed by atoms with Gasteiger partial charge < -0.3 is 0 Å². The van der Waals surface area contributed by atoms with Gasteiger partial charge in [-0.15, -0.1) is 0 Å². The first-order chi connectivity index (χ1) is 8.47. The summed E-state index contributed by atoms with van der Waals surface area (Å²) in [6.07, 6.45) is 0. The molecule has 0 bridgehead atoms. The fourth-order valence-corrected chi connectivity index (χ4v) is 1.99. The highest BCUT2D eigenvalue weighted by atomic mass is 35.5. The highest BCUT2D eigenvalue weighted by molar-refractivity contribution is 6.35. The summed E-state index contributed by atoms with van der Waals surface area (Å²) < 4.78 is 26.0. The fraction of sp³-hybridized carbons (Fsp3) is 0. The Labute approximate surface area is 112 Å². The molecule has 2 aromatic rings. The Hall–Kier alpha value is -1.45. The molecule has 0 aliphatic carbocycles. The molecule has 0 radical (unpaired) electrons. The van der Waals surface area contributed by atoms with Gasteiger partial charge in [-0.3, -0.25) is 4.79 Å². The summed E-state index contributed by atoms with van der Waals surface area (Å²) >= 11 is 11.4. The van der Waals surface area contributed by atoms with Crippen molar-refractivity contribution in [2.45, 2.75) is 0 Å². The minimum Gasteiger partial charge on any atom is -0.289 e. The third-order valence-corrected chi connectivity index (χ3v) is 2.83. The lowest BCUT2D eigenvalue weighted by molar-refractivity contribution is 0.103. The molecule has 0 N–H and O–H groups in total. The molecular weight excluding hydrogens is 281 g/mol. The molecule has 0 aliphatic rings. The normalized spacial score (nSPS) is 10.4. The number of rotatable bonds is 2. The molecule has 92 valence electrons. The van der Waals surface area contributed by atoms with Crippen LogP contribution in [0.4, 0.5) is 8.78 Å². The molecule has 0 aromatic heterocycles. The van der Waals surface area contributed by atoms with Gasteiger partial charge in [0.15, 0.2) is 5.78 Å². The van der Waals surface area contributed by atoms with Crippen molar-refractivity contribution in [3.05, 3.63) is 69.2 Å². The molecule has 2 rings (SSSR count). The van der Waals surface area contributed by atoms with Crippen LogP contribution in [0.25, 0.3) is 0 Å². The van der Waals surface area contributed by atoms with Gasteiger partial charge in [-0.2, -0.15) is 0 Å². The average molecular weight is 287 g/mol. The molecule has 0 saturated heterocycles. The molecule has 1 nitrogen and oxygen atoms in total. The first-order valence-corrected chi connectivity index (χ1v) is 5.69. The summed E-state index contributed by atoms with van der Waals surface area (Å²) in [6, 6.07) is 6.85. The number of ketones is 1. The Bertz CT molecular complexity index is 606. The molecule has 0 amide bonds. The lowest BCUT2D eigenvalue weighted by Crippen LogP contribution is -2.03. The van der Waals surface area contributed by atoms with E-state index in [2.05, 4.69) is 0 Å². The zero-order chi connectivity index (χ0) is 13.3. The van der Waals surface area contributed by atoms with Crippen molar-refractivity contribution >= 4 is 29.0 Å². The second kappa shape index (κ2) is 5.04. The second-order valence-corrected chi connectivity index (χ2v) is 4.46. The Morgan fingerprint density at radius 1 is 0.944 bits per heavy atom. The van der Waals surface area contributed by atoms with E-state index in [0.717, 1.165) is 24.3 Å². The van der Waals surface area contributed by atoms with Crippen LogP contribution >= 0.6 is 23.2 Å². The number of hydrogen-bond donors (Lipinski definition) is 0. The van der Waals surface area contributed by atoms with Gasteiger partial charge in [-0.1, -0.05) is 23.2 Å². The monoisotopic (exact) mass is 286 g/mol. The predicted molar refractivity (Wildman–Crippen MR) is 66.3 cm³/mol. The van der Waals surface area contributed by atoms with Crippen LogP contribution in [0.15, 0.2) is 36.4 Å². The quantitative estimate of drug-likeness (QED) is 0.743. The lowest BCUT2D eigenvalue weighted by atomic mass is 10.0. The summed E-state index contributed by atoms with van der Waals surface area (Å²) in [7, 11) is 0. The van der Waals surface area contributed by atoms with Crippen molar-refractivity contribution in [2.75, 3.05) is 0 Å². The van der Waals surface area contributed by atoms with Crippen molar-refractivity contribution in [1.29, 1.82) is 0 Å². The minimum atomic E-state index is -0.621. The van der Waals surface area contributed by atoms with Crippen molar-refractivity contribution in [1.82, 2.24) is 0 Å². The second-order valence-electron chi connectivity index (χ2n) is 3.61. The maximum absolute atomic E-state index is 13.1. The zero-order valence-electron chi connectivity index (χ0n) is 8.88. The van der Waals surface area contributed by atoms with Gasteiger partial charge in [0.2, 0.25) is 0 Å². The first kappa shape index (κ1) is 13.0. The Kier molecular flexibility index (Phi) is 3.64. The van der Waals surface area contributed by atoms with Gasteiger partial charge in [0.05, 0.1) is 5.02 Å². The zero-order valence-corrected chi connectivity index (χ0v) is 10.4. The largest absolute Gasteiger partial charge is 0.289 e. The van der Waals surface area contributed by atoms with Gasteiger partial charge in [-0.05, 0) is 36.4 Å². The van der Waals surface area contributed by atoms with Gasteiger partial charge >= 0.3 is 0 Å². The summed E-state index contributed by atoms with van der Waals surface area (Å²) in [5, 5.41) is 0.0805. The molecule has 2 aromatic carbocycles. The number of hydrogen-bond acceptors (Lipinski definition) is 1. The van der Waals surface area contributed by atoms with E-state index >= 15 is 0 Å². The summed E-state index contributed by atoms with van der Waals surface area (Å²) in [5.41, 5.74) is 0.160. The third-order valence-electron chi connectivity index (χ3n) is 2.30. The van der Waals surface area contributed by atoms with E-state index < -0.39 is 17.4 Å². The third kappa shape index (κ3) is 2.68. The minimum absolute atomic E-state index is 0.0274. The van der Waals surface area contributed by atoms with E-state index in [1.54, 1.807) is 0 Å². The van der Waals surface area contributed by atoms with Gasteiger partial charge in [-0.25, -0.2) is 8.78 Å². The molecule has 18 heavy (non-hydrogen) atoms. The van der Waals surface area contributed by atoms with Crippen LogP contribution in [0.5, 0.6) is 0 Å². The van der Waals surface area contributed by atoms with Crippen molar-refractivity contribution in [3.8, 4) is 0 Å². The van der Waals surface area contributed by atoms with Crippen molar-refractivity contribution < 1.29 is 13.6 Å². The average Bonchev–Trinajstić information content (AvgIpc) is 2.26. The topological polar surface area (TPSA) is 17.1 Å². The summed E-state index contributed by atoms with van der Waals surface area (Å²) in [5.74, 6) is -1.68. The van der Waals surface area contributed by atoms with E-state index in [0.29, 0.717) is 0 Å². The maximum atomic E-state index is 13.1. The maximum Gasteiger partial charge on any atom is 0.194 e. The number of carbonyl (C=O) groups excluding carboxylic acids is 1. The Morgan fingerprint density at radius 3 is 2.28 bits per heavy atom. The van der Waals surface area contributed by atoms with Crippen LogP contribution < -0.4 is 0 Å². The van der Waals surface area contributed by atoms with Gasteiger partial charge in [0.25, 0.3) is 0 Å². The van der Waals surface area contributed by atoms with E-state index in [1.807, 2.05) is 0 Å². The molecule has 0 unspecified atom stereocenters. The molecule has 0 atom stereocenters. The Balaban J connectivity index is 2.47. The smallest absolute Gasteiger partial charge is 0.194 e. The number of benzene rings is 2. The van der Waals surface area contributed by atoms with Gasteiger partial charge in [0.1, 0.15) is 11.6 Å². The van der Waals surface area contributed by atoms with E-state index in [-0.39, 0.29) is 21.2 Å². The molecular formula is C13H6Cl2F2O. The van der Waals surface area contributed by atoms with Crippen LogP contribution in [-0.4, -0.2) is 5.78 Å². The molecule has 0 aliphatic heterocycles. The Morgan fingerprint density at radius 2 is 1.67 bits per heavy atom. The first-order valence-electron chi connectivity index (χ1n) is 4.93. The van der Waals surface area contributed by atoms with Crippen LogP contribution in [-0.2, 0) is 0 Å². The number of carbonyl (C=O) groups is 1. The lowest BCUT2D eigenvalue weighted by Gasteiger charge is -2.04. The van der Waals surface area contributed by atoms with Crippen molar-refractivity contribution in [3.63, 3.8) is 0 Å². The van der Waals surface area contributed by atoms with Crippen LogP contribution in [0.3, 0.4) is 0 Å². The van der Waals surface area contributed by atoms with Gasteiger partial charge in [0, 0.05) is 16.1 Å². The van der Waals surface area contributed by atoms with Crippen LogP contribution in [0.2, 0.25) is 10.0 Å². The fourth-order valence-electron chi connectivity index (χ4n) is 1.51. The summed E-state index contributed by atoms with van der Waals surface area (Å²) in [6.45, 7) is 0. The van der Waals surface area contributed by atoms with E-state index in [4.69, 9.17) is 23.2 Å². The highest BCUT2D eigenvalue weighted by Gasteiger charge is 2.14. The summed E-state index contributed by atoms with van der Waals surface area (Å²) in [4.78, 5) is 12.1. The molecule has 0 fully saturated rings. The van der Waals surface area contributed by atoms with Crippen LogP contribution in [0.1, 0.15) is 15.9 Å². The van der Waals surface area contributed by atoms with Crippen LogP contribution in [0, 0.1) is 11.6 Å². The highest BCUT2D eigenvalue weighted by Crippen LogP contribution is 2.22. The molecule has 0 spiro atoms. The molecule has 0 saturated carbocycles. The number of halogens is 4. The SMILES string of the molecule is O=C(c1cc(F)cc(Cl)c1)c1ccc(F)cc1Cl. The predicted octanol–water partition coefficient (Wildman–Crippen LogP) is 4.50. The van der Waals surface area contributed by atoms with E-state index in [1.165, 1.54) is 12.1 Å².